The normalized spacial score (nSPS) is 12.1. The number of carbonyl (C=O) groups is 1. The standard InChI is InChI=1S/C12H14N4O/c1-8(11(17)13-2)15-12-14-7-9-5-3-4-6-10(9)16-12/h3-8H,1-2H3,(H,13,17)(H,14,15,16). The molecule has 1 atom stereocenters. The van der Waals surface area contributed by atoms with Crippen LogP contribution in [-0.4, -0.2) is 29.0 Å². The van der Waals surface area contributed by atoms with E-state index in [2.05, 4.69) is 20.6 Å². The van der Waals surface area contributed by atoms with Gasteiger partial charge in [0.25, 0.3) is 0 Å². The maximum atomic E-state index is 11.4. The molecule has 88 valence electrons. The molecule has 0 aliphatic rings. The summed E-state index contributed by atoms with van der Waals surface area (Å²) >= 11 is 0. The third kappa shape index (κ3) is 2.50. The van der Waals surface area contributed by atoms with Crippen LogP contribution in [0.5, 0.6) is 0 Å². The summed E-state index contributed by atoms with van der Waals surface area (Å²) < 4.78 is 0. The fraction of sp³-hybridized carbons (Fsp3) is 0.250. The van der Waals surface area contributed by atoms with Crippen LogP contribution in [0, 0.1) is 0 Å². The van der Waals surface area contributed by atoms with E-state index in [9.17, 15) is 4.79 Å². The number of hydrogen-bond acceptors (Lipinski definition) is 4. The number of hydrogen-bond donors (Lipinski definition) is 2. The molecule has 1 heterocycles. The molecule has 0 aliphatic carbocycles. The lowest BCUT2D eigenvalue weighted by Crippen LogP contribution is -2.35. The number of benzene rings is 1. The Morgan fingerprint density at radius 3 is 2.88 bits per heavy atom. The number of likely N-dealkylation sites (N-methyl/N-ethyl adjacent to an activating group) is 1. The fourth-order valence-corrected chi connectivity index (χ4v) is 1.52. The predicted molar refractivity (Wildman–Crippen MR) is 66.7 cm³/mol. The van der Waals surface area contributed by atoms with E-state index in [1.165, 1.54) is 0 Å². The summed E-state index contributed by atoms with van der Waals surface area (Å²) in [5.74, 6) is 0.363. The van der Waals surface area contributed by atoms with Crippen molar-refractivity contribution in [1.82, 2.24) is 15.3 Å². The zero-order chi connectivity index (χ0) is 12.3. The fourth-order valence-electron chi connectivity index (χ4n) is 1.52. The third-order valence-corrected chi connectivity index (χ3v) is 2.47. The lowest BCUT2D eigenvalue weighted by molar-refractivity contribution is -0.121. The van der Waals surface area contributed by atoms with Crippen LogP contribution in [-0.2, 0) is 4.79 Å². The molecule has 0 radical (unpaired) electrons. The number of anilines is 1. The van der Waals surface area contributed by atoms with Crippen LogP contribution >= 0.6 is 0 Å². The van der Waals surface area contributed by atoms with E-state index in [1.807, 2.05) is 24.3 Å². The van der Waals surface area contributed by atoms with Gasteiger partial charge in [-0.25, -0.2) is 9.97 Å². The van der Waals surface area contributed by atoms with Crippen LogP contribution in [0.2, 0.25) is 0 Å². The molecule has 0 fully saturated rings. The average Bonchev–Trinajstić information content (AvgIpc) is 2.37. The van der Waals surface area contributed by atoms with Gasteiger partial charge in [-0.3, -0.25) is 4.79 Å². The first kappa shape index (κ1) is 11.3. The lowest BCUT2D eigenvalue weighted by Gasteiger charge is -2.12. The van der Waals surface area contributed by atoms with Crippen molar-refractivity contribution < 1.29 is 4.79 Å². The van der Waals surface area contributed by atoms with Crippen molar-refractivity contribution in [2.45, 2.75) is 13.0 Å². The number of carbonyl (C=O) groups excluding carboxylic acids is 1. The molecule has 17 heavy (non-hydrogen) atoms. The SMILES string of the molecule is CNC(=O)C(C)Nc1ncc2ccccc2n1. The van der Waals surface area contributed by atoms with E-state index in [0.29, 0.717) is 5.95 Å². The highest BCUT2D eigenvalue weighted by Gasteiger charge is 2.11. The van der Waals surface area contributed by atoms with Crippen LogP contribution in [0.4, 0.5) is 5.95 Å². The molecular weight excluding hydrogens is 216 g/mol. The van der Waals surface area contributed by atoms with Gasteiger partial charge in [0.05, 0.1) is 5.52 Å². The van der Waals surface area contributed by atoms with Gasteiger partial charge >= 0.3 is 0 Å². The minimum absolute atomic E-state index is 0.0956. The van der Waals surface area contributed by atoms with Crippen molar-refractivity contribution in [3.8, 4) is 0 Å². The molecule has 5 heteroatoms. The molecule has 0 spiro atoms. The van der Waals surface area contributed by atoms with E-state index in [-0.39, 0.29) is 11.9 Å². The van der Waals surface area contributed by atoms with Gasteiger partial charge in [0, 0.05) is 18.6 Å². The van der Waals surface area contributed by atoms with Gasteiger partial charge < -0.3 is 10.6 Å². The minimum atomic E-state index is -0.360. The number of fused-ring (bicyclic) bond motifs is 1. The van der Waals surface area contributed by atoms with Crippen molar-refractivity contribution in [2.24, 2.45) is 0 Å². The second kappa shape index (κ2) is 4.78. The predicted octanol–water partition coefficient (Wildman–Crippen LogP) is 1.18. The Kier molecular flexibility index (Phi) is 3.18. The van der Waals surface area contributed by atoms with E-state index in [4.69, 9.17) is 0 Å². The summed E-state index contributed by atoms with van der Waals surface area (Å²) in [7, 11) is 1.60. The summed E-state index contributed by atoms with van der Waals surface area (Å²) in [6.45, 7) is 1.76. The van der Waals surface area contributed by atoms with Crippen molar-refractivity contribution in [1.29, 1.82) is 0 Å². The molecule has 2 rings (SSSR count). The van der Waals surface area contributed by atoms with Gasteiger partial charge in [0.2, 0.25) is 11.9 Å². The maximum absolute atomic E-state index is 11.4. The van der Waals surface area contributed by atoms with E-state index < -0.39 is 0 Å². The molecule has 1 aromatic carbocycles. The van der Waals surface area contributed by atoms with Crippen LogP contribution in [0.15, 0.2) is 30.5 Å². The summed E-state index contributed by atoms with van der Waals surface area (Å²) in [5, 5.41) is 6.49. The summed E-state index contributed by atoms with van der Waals surface area (Å²) in [6.07, 6.45) is 1.74. The largest absolute Gasteiger partial charge is 0.357 e. The molecular formula is C12H14N4O. The summed E-state index contributed by atoms with van der Waals surface area (Å²) in [4.78, 5) is 19.8. The Hall–Kier alpha value is -2.17. The molecule has 0 saturated heterocycles. The molecule has 0 bridgehead atoms. The maximum Gasteiger partial charge on any atom is 0.242 e. The Morgan fingerprint density at radius 2 is 2.12 bits per heavy atom. The monoisotopic (exact) mass is 230 g/mol. The van der Waals surface area contributed by atoms with Crippen LogP contribution in [0.3, 0.4) is 0 Å². The first-order valence-corrected chi connectivity index (χ1v) is 5.40. The van der Waals surface area contributed by atoms with E-state index in [0.717, 1.165) is 10.9 Å². The van der Waals surface area contributed by atoms with Crippen molar-refractivity contribution in [3.05, 3.63) is 30.5 Å². The number of amides is 1. The Balaban J connectivity index is 2.22. The zero-order valence-corrected chi connectivity index (χ0v) is 9.77. The second-order valence-electron chi connectivity index (χ2n) is 3.73. The number of nitrogens with one attached hydrogen (secondary N) is 2. The zero-order valence-electron chi connectivity index (χ0n) is 9.77. The second-order valence-corrected chi connectivity index (χ2v) is 3.73. The highest BCUT2D eigenvalue weighted by molar-refractivity contribution is 5.84. The Morgan fingerprint density at radius 1 is 1.35 bits per heavy atom. The minimum Gasteiger partial charge on any atom is -0.357 e. The molecule has 5 nitrogen and oxygen atoms in total. The molecule has 2 aromatic rings. The van der Waals surface area contributed by atoms with Crippen LogP contribution in [0.25, 0.3) is 10.9 Å². The third-order valence-electron chi connectivity index (χ3n) is 2.47. The van der Waals surface area contributed by atoms with E-state index in [1.54, 1.807) is 20.2 Å². The summed E-state index contributed by atoms with van der Waals surface area (Å²) in [6, 6.07) is 7.35. The average molecular weight is 230 g/mol. The Labute approximate surface area is 99.3 Å². The first-order valence-electron chi connectivity index (χ1n) is 5.40. The van der Waals surface area contributed by atoms with Crippen molar-refractivity contribution in [3.63, 3.8) is 0 Å². The first-order chi connectivity index (χ1) is 8.20. The smallest absolute Gasteiger partial charge is 0.242 e. The van der Waals surface area contributed by atoms with Gasteiger partial charge in [-0.2, -0.15) is 0 Å². The molecule has 2 N–H and O–H groups in total. The molecule has 1 aromatic heterocycles. The quantitative estimate of drug-likeness (QED) is 0.830. The molecule has 1 amide bonds. The van der Waals surface area contributed by atoms with Crippen LogP contribution in [0.1, 0.15) is 6.92 Å². The Bertz CT molecular complexity index is 541. The highest BCUT2D eigenvalue weighted by Crippen LogP contribution is 2.12. The molecule has 0 aliphatic heterocycles. The summed E-state index contributed by atoms with van der Waals surface area (Å²) in [5.41, 5.74) is 0.856. The highest BCUT2D eigenvalue weighted by atomic mass is 16.2. The van der Waals surface area contributed by atoms with Crippen molar-refractivity contribution in [2.75, 3.05) is 12.4 Å². The van der Waals surface area contributed by atoms with Gasteiger partial charge in [-0.05, 0) is 13.0 Å². The lowest BCUT2D eigenvalue weighted by atomic mass is 10.2. The van der Waals surface area contributed by atoms with Gasteiger partial charge in [-0.1, -0.05) is 18.2 Å². The van der Waals surface area contributed by atoms with Crippen molar-refractivity contribution >= 4 is 22.8 Å². The number of nitrogens with zero attached hydrogens (tertiary/aromatic N) is 2. The molecule has 1 unspecified atom stereocenters. The molecule has 0 saturated carbocycles. The number of aromatic nitrogens is 2. The number of para-hydroxylation sites is 1. The van der Waals surface area contributed by atoms with E-state index >= 15 is 0 Å². The van der Waals surface area contributed by atoms with Gasteiger partial charge in [-0.15, -0.1) is 0 Å². The van der Waals surface area contributed by atoms with Gasteiger partial charge in [0.15, 0.2) is 0 Å². The van der Waals surface area contributed by atoms with Crippen LogP contribution < -0.4 is 10.6 Å². The van der Waals surface area contributed by atoms with Gasteiger partial charge in [0.1, 0.15) is 6.04 Å². The topological polar surface area (TPSA) is 66.9 Å². The number of rotatable bonds is 3.